The Morgan fingerprint density at radius 2 is 1.63 bits per heavy atom. The molecule has 2 amide bonds. The van der Waals surface area contributed by atoms with Gasteiger partial charge < -0.3 is 10.6 Å². The molecule has 3 rings (SSSR count). The van der Waals surface area contributed by atoms with Gasteiger partial charge in [0.2, 0.25) is 11.8 Å². The lowest BCUT2D eigenvalue weighted by molar-refractivity contribution is -0.123. The standard InChI is InChI=1S/C20H26N2O4S/c23-19(11-10-15-6-2-1-3-7-15)21-17-13-27(25,26)14-18(17)22-20(24)12-16-8-4-5-9-16/h1-3,6-7,10-11,16-18H,4-5,8-9,12-14H2,(H,21,23)(H,22,24)/t17-,18+/m1/s1. The Morgan fingerprint density at radius 1 is 1.00 bits per heavy atom. The van der Waals surface area contributed by atoms with E-state index in [9.17, 15) is 18.0 Å². The van der Waals surface area contributed by atoms with E-state index >= 15 is 0 Å². The molecule has 0 spiro atoms. The smallest absolute Gasteiger partial charge is 0.244 e. The molecule has 2 N–H and O–H groups in total. The summed E-state index contributed by atoms with van der Waals surface area (Å²) in [6.45, 7) is 0. The van der Waals surface area contributed by atoms with Crippen molar-refractivity contribution in [3.05, 3.63) is 42.0 Å². The summed E-state index contributed by atoms with van der Waals surface area (Å²) >= 11 is 0. The quantitative estimate of drug-likeness (QED) is 0.723. The summed E-state index contributed by atoms with van der Waals surface area (Å²) in [5.74, 6) is -0.368. The molecule has 2 atom stereocenters. The van der Waals surface area contributed by atoms with Crippen molar-refractivity contribution in [2.24, 2.45) is 5.92 Å². The minimum absolute atomic E-state index is 0.122. The van der Waals surface area contributed by atoms with Gasteiger partial charge in [0.25, 0.3) is 0 Å². The second kappa shape index (κ2) is 8.69. The second-order valence-electron chi connectivity index (χ2n) is 7.46. The van der Waals surface area contributed by atoms with Crippen molar-refractivity contribution in [2.75, 3.05) is 11.5 Å². The molecule has 27 heavy (non-hydrogen) atoms. The lowest BCUT2D eigenvalue weighted by atomic mass is 10.0. The van der Waals surface area contributed by atoms with Crippen molar-refractivity contribution in [3.8, 4) is 0 Å². The van der Waals surface area contributed by atoms with Gasteiger partial charge in [-0.1, -0.05) is 43.2 Å². The largest absolute Gasteiger partial charge is 0.350 e. The Hall–Kier alpha value is -2.15. The first-order valence-electron chi connectivity index (χ1n) is 9.45. The van der Waals surface area contributed by atoms with Crippen molar-refractivity contribution >= 4 is 27.7 Å². The summed E-state index contributed by atoms with van der Waals surface area (Å²) in [5, 5.41) is 5.57. The molecular formula is C20H26N2O4S. The second-order valence-corrected chi connectivity index (χ2v) is 9.62. The summed E-state index contributed by atoms with van der Waals surface area (Å²) in [5.41, 5.74) is 0.883. The summed E-state index contributed by atoms with van der Waals surface area (Å²) in [6, 6.07) is 8.20. The maximum Gasteiger partial charge on any atom is 0.244 e. The zero-order chi connectivity index (χ0) is 19.3. The molecule has 1 saturated carbocycles. The third kappa shape index (κ3) is 5.92. The van der Waals surface area contributed by atoms with Crippen molar-refractivity contribution in [3.63, 3.8) is 0 Å². The fraction of sp³-hybridized carbons (Fsp3) is 0.500. The van der Waals surface area contributed by atoms with Crippen LogP contribution in [0.5, 0.6) is 0 Å². The maximum absolute atomic E-state index is 12.3. The van der Waals surface area contributed by atoms with Crippen LogP contribution in [0.15, 0.2) is 36.4 Å². The number of rotatable bonds is 6. The van der Waals surface area contributed by atoms with Crippen LogP contribution in [0.1, 0.15) is 37.7 Å². The molecule has 2 aliphatic rings. The van der Waals surface area contributed by atoms with E-state index in [0.717, 1.165) is 31.2 Å². The van der Waals surface area contributed by atoms with Crippen LogP contribution >= 0.6 is 0 Å². The zero-order valence-electron chi connectivity index (χ0n) is 15.3. The molecule has 146 valence electrons. The highest BCUT2D eigenvalue weighted by Crippen LogP contribution is 2.27. The molecule has 0 radical (unpaired) electrons. The first-order valence-corrected chi connectivity index (χ1v) is 11.3. The first kappa shape index (κ1) is 19.6. The average Bonchev–Trinajstić information content (AvgIpc) is 3.21. The topological polar surface area (TPSA) is 92.3 Å². The zero-order valence-corrected chi connectivity index (χ0v) is 16.1. The SMILES string of the molecule is O=C(C=Cc1ccccc1)N[C@@H]1CS(=O)(=O)C[C@@H]1NC(=O)CC1CCCC1. The molecule has 7 heteroatoms. The van der Waals surface area contributed by atoms with Gasteiger partial charge >= 0.3 is 0 Å². The normalized spacial score (nSPS) is 24.9. The molecule has 6 nitrogen and oxygen atoms in total. The van der Waals surface area contributed by atoms with Gasteiger partial charge in [0, 0.05) is 12.5 Å². The molecule has 1 aromatic rings. The van der Waals surface area contributed by atoms with Gasteiger partial charge in [-0.2, -0.15) is 0 Å². The van der Waals surface area contributed by atoms with E-state index in [1.54, 1.807) is 6.08 Å². The van der Waals surface area contributed by atoms with E-state index in [4.69, 9.17) is 0 Å². The van der Waals surface area contributed by atoms with Gasteiger partial charge in [0.1, 0.15) is 0 Å². The van der Waals surface area contributed by atoms with Crippen molar-refractivity contribution in [1.82, 2.24) is 10.6 Å². The van der Waals surface area contributed by atoms with Gasteiger partial charge in [0.05, 0.1) is 23.6 Å². The number of carbonyl (C=O) groups is 2. The number of sulfone groups is 1. The molecular weight excluding hydrogens is 364 g/mol. The third-order valence-electron chi connectivity index (χ3n) is 5.20. The first-order chi connectivity index (χ1) is 12.9. The van der Waals surface area contributed by atoms with Crippen molar-refractivity contribution in [1.29, 1.82) is 0 Å². The number of hydrogen-bond donors (Lipinski definition) is 2. The Labute approximate surface area is 160 Å². The maximum atomic E-state index is 12.3. The highest BCUT2D eigenvalue weighted by molar-refractivity contribution is 7.91. The van der Waals surface area contributed by atoms with Crippen LogP contribution in [-0.2, 0) is 19.4 Å². The van der Waals surface area contributed by atoms with Crippen LogP contribution in [0.2, 0.25) is 0 Å². The lowest BCUT2D eigenvalue weighted by Gasteiger charge is -2.21. The Kier molecular flexibility index (Phi) is 6.31. The molecule has 1 aliphatic heterocycles. The summed E-state index contributed by atoms with van der Waals surface area (Å²) in [6.07, 6.45) is 7.92. The van der Waals surface area contributed by atoms with E-state index < -0.39 is 21.9 Å². The highest BCUT2D eigenvalue weighted by Gasteiger charge is 2.39. The molecule has 1 saturated heterocycles. The molecule has 0 bridgehead atoms. The number of carbonyl (C=O) groups excluding carboxylic acids is 2. The summed E-state index contributed by atoms with van der Waals surface area (Å²) in [7, 11) is -3.28. The van der Waals surface area contributed by atoms with Crippen molar-refractivity contribution in [2.45, 2.75) is 44.2 Å². The molecule has 1 heterocycles. The Balaban J connectivity index is 1.57. The molecule has 0 aromatic heterocycles. The Bertz CT molecular complexity index is 799. The lowest BCUT2D eigenvalue weighted by Crippen LogP contribution is -2.50. The number of benzene rings is 1. The number of amides is 2. The molecule has 2 fully saturated rings. The molecule has 1 aromatic carbocycles. The van der Waals surface area contributed by atoms with E-state index in [2.05, 4.69) is 10.6 Å². The van der Waals surface area contributed by atoms with E-state index in [1.165, 1.54) is 6.08 Å². The highest BCUT2D eigenvalue weighted by atomic mass is 32.2. The van der Waals surface area contributed by atoms with E-state index in [-0.39, 0.29) is 23.3 Å². The van der Waals surface area contributed by atoms with Gasteiger partial charge in [-0.05, 0) is 30.4 Å². The molecule has 1 aliphatic carbocycles. The predicted molar refractivity (Wildman–Crippen MR) is 105 cm³/mol. The van der Waals surface area contributed by atoms with E-state index in [0.29, 0.717) is 12.3 Å². The van der Waals surface area contributed by atoms with Gasteiger partial charge in [0.15, 0.2) is 9.84 Å². The summed E-state index contributed by atoms with van der Waals surface area (Å²) in [4.78, 5) is 24.5. The van der Waals surface area contributed by atoms with Gasteiger partial charge in [-0.3, -0.25) is 9.59 Å². The molecule has 0 unspecified atom stereocenters. The van der Waals surface area contributed by atoms with Crippen molar-refractivity contribution < 1.29 is 18.0 Å². The monoisotopic (exact) mass is 390 g/mol. The minimum Gasteiger partial charge on any atom is -0.350 e. The van der Waals surface area contributed by atoms with Crippen LogP contribution in [0, 0.1) is 5.92 Å². The average molecular weight is 391 g/mol. The number of nitrogens with one attached hydrogen (secondary N) is 2. The predicted octanol–water partition coefficient (Wildman–Crippen LogP) is 1.68. The van der Waals surface area contributed by atoms with Gasteiger partial charge in [-0.25, -0.2) is 8.42 Å². The van der Waals surface area contributed by atoms with Crippen LogP contribution in [-0.4, -0.2) is 43.8 Å². The number of hydrogen-bond acceptors (Lipinski definition) is 4. The fourth-order valence-electron chi connectivity index (χ4n) is 3.84. The van der Waals surface area contributed by atoms with E-state index in [1.807, 2.05) is 30.3 Å². The van der Waals surface area contributed by atoms with Crippen LogP contribution in [0.25, 0.3) is 6.08 Å². The minimum atomic E-state index is -3.28. The van der Waals surface area contributed by atoms with Gasteiger partial charge in [-0.15, -0.1) is 0 Å². The Morgan fingerprint density at radius 3 is 2.30 bits per heavy atom. The van der Waals surface area contributed by atoms with Crippen LogP contribution in [0.3, 0.4) is 0 Å². The summed E-state index contributed by atoms with van der Waals surface area (Å²) < 4.78 is 24.0. The van der Waals surface area contributed by atoms with Crippen LogP contribution < -0.4 is 10.6 Å². The third-order valence-corrected chi connectivity index (χ3v) is 6.94. The fourth-order valence-corrected chi connectivity index (χ4v) is 5.70. The van der Waals surface area contributed by atoms with Crippen LogP contribution in [0.4, 0.5) is 0 Å².